The molecule has 5 atom stereocenters. The van der Waals surface area contributed by atoms with E-state index < -0.39 is 37.1 Å². The summed E-state index contributed by atoms with van der Waals surface area (Å²) < 4.78 is 11.8. The summed E-state index contributed by atoms with van der Waals surface area (Å²) >= 11 is 6.72. The van der Waals surface area contributed by atoms with Crippen molar-refractivity contribution in [1.82, 2.24) is 0 Å². The van der Waals surface area contributed by atoms with Crippen LogP contribution in [0, 0.1) is 0 Å². The van der Waals surface area contributed by atoms with E-state index in [4.69, 9.17) is 21.1 Å². The molecule has 1 heterocycles. The highest BCUT2D eigenvalue weighted by Crippen LogP contribution is 2.42. The van der Waals surface area contributed by atoms with Crippen molar-refractivity contribution in [1.29, 1.82) is 0 Å². The molecule has 0 unspecified atom stereocenters. The number of ether oxygens (including phenoxy) is 2. The molecule has 3 aliphatic rings. The van der Waals surface area contributed by atoms with Crippen molar-refractivity contribution in [3.8, 4) is 5.75 Å². The van der Waals surface area contributed by atoms with Crippen LogP contribution in [0.3, 0.4) is 0 Å². The summed E-state index contributed by atoms with van der Waals surface area (Å²) in [4.78, 5) is 0. The Morgan fingerprint density at radius 1 is 0.906 bits per heavy atom. The maximum atomic E-state index is 10.6. The van der Waals surface area contributed by atoms with Gasteiger partial charge in [0.05, 0.1) is 17.7 Å². The molecular weight excluding hydrogens is 432 g/mol. The van der Waals surface area contributed by atoms with E-state index in [0.717, 1.165) is 24.0 Å². The third-order valence-corrected chi connectivity index (χ3v) is 7.03. The highest BCUT2D eigenvalue weighted by atomic mass is 35.5. The van der Waals surface area contributed by atoms with Gasteiger partial charge in [-0.05, 0) is 66.3 Å². The lowest BCUT2D eigenvalue weighted by Crippen LogP contribution is -2.55. The van der Waals surface area contributed by atoms with Crippen LogP contribution in [-0.2, 0) is 11.2 Å². The monoisotopic (exact) mass is 460 g/mol. The Morgan fingerprint density at radius 2 is 1.62 bits per heavy atom. The Morgan fingerprint density at radius 3 is 2.25 bits per heavy atom. The lowest BCUT2D eigenvalue weighted by Gasteiger charge is -2.40. The summed E-state index contributed by atoms with van der Waals surface area (Å²) in [6, 6.07) is 12.2. The van der Waals surface area contributed by atoms with Gasteiger partial charge in [-0.15, -0.1) is 0 Å². The first-order chi connectivity index (χ1) is 15.4. The molecule has 2 aromatic carbocycles. The van der Waals surface area contributed by atoms with Crippen molar-refractivity contribution >= 4 is 11.6 Å². The van der Waals surface area contributed by atoms with E-state index in [1.165, 1.54) is 18.4 Å². The van der Waals surface area contributed by atoms with Gasteiger partial charge in [0.1, 0.15) is 36.3 Å². The van der Waals surface area contributed by atoms with Crippen molar-refractivity contribution in [2.24, 2.45) is 0 Å². The first kappa shape index (κ1) is 22.1. The summed E-state index contributed by atoms with van der Waals surface area (Å²) in [5.41, 5.74) is 3.90. The molecule has 1 aliphatic heterocycles. The zero-order valence-corrected chi connectivity index (χ0v) is 18.5. The van der Waals surface area contributed by atoms with Crippen molar-refractivity contribution in [2.75, 3.05) is 6.61 Å². The Hall–Kier alpha value is -1.67. The number of benzene rings is 2. The molecule has 2 aliphatic carbocycles. The van der Waals surface area contributed by atoms with Gasteiger partial charge in [-0.3, -0.25) is 0 Å². The van der Waals surface area contributed by atoms with Gasteiger partial charge >= 0.3 is 0 Å². The topological polar surface area (TPSA) is 99.4 Å². The summed E-state index contributed by atoms with van der Waals surface area (Å²) in [6.45, 7) is -0.472. The van der Waals surface area contributed by atoms with Crippen LogP contribution in [0.25, 0.3) is 0 Å². The normalized spacial score (nSPS) is 30.3. The van der Waals surface area contributed by atoms with Gasteiger partial charge in [-0.1, -0.05) is 41.9 Å². The fourth-order valence-electron chi connectivity index (χ4n) is 4.34. The molecule has 3 fully saturated rings. The molecule has 0 spiro atoms. The SMILES string of the molecule is OC[C@H]1O[C@@H](c2cc(Cc3ccc(C4CC4)cc3)c(Cl)c(OC3CC3)c2)[C@H](O)[C@@H](O)[C@@H]1O. The second kappa shape index (κ2) is 8.93. The van der Waals surface area contributed by atoms with Gasteiger partial charge in [0, 0.05) is 0 Å². The molecule has 2 saturated carbocycles. The minimum absolute atomic E-state index is 0.128. The van der Waals surface area contributed by atoms with E-state index in [9.17, 15) is 20.4 Å². The largest absolute Gasteiger partial charge is 0.489 e. The van der Waals surface area contributed by atoms with Gasteiger partial charge < -0.3 is 29.9 Å². The zero-order chi connectivity index (χ0) is 22.4. The third kappa shape index (κ3) is 4.53. The molecule has 2 aromatic rings. The van der Waals surface area contributed by atoms with Gasteiger partial charge in [0.15, 0.2) is 0 Å². The highest BCUT2D eigenvalue weighted by Gasteiger charge is 2.44. The Bertz CT molecular complexity index is 954. The van der Waals surface area contributed by atoms with Crippen LogP contribution in [0.4, 0.5) is 0 Å². The van der Waals surface area contributed by atoms with E-state index in [1.807, 2.05) is 6.07 Å². The quantitative estimate of drug-likeness (QED) is 0.507. The molecule has 0 radical (unpaired) electrons. The summed E-state index contributed by atoms with van der Waals surface area (Å²) in [7, 11) is 0. The van der Waals surface area contributed by atoms with Crippen LogP contribution in [0.5, 0.6) is 5.75 Å². The highest BCUT2D eigenvalue weighted by molar-refractivity contribution is 6.32. The van der Waals surface area contributed by atoms with Crippen LogP contribution in [0.1, 0.15) is 60.0 Å². The average molecular weight is 461 g/mol. The number of hydrogen-bond acceptors (Lipinski definition) is 6. The van der Waals surface area contributed by atoms with Crippen LogP contribution in [0.2, 0.25) is 5.02 Å². The second-order valence-electron chi connectivity index (χ2n) is 9.25. The second-order valence-corrected chi connectivity index (χ2v) is 9.63. The van der Waals surface area contributed by atoms with Gasteiger partial charge in [-0.25, -0.2) is 0 Å². The fraction of sp³-hybridized carbons (Fsp3) is 0.520. The summed E-state index contributed by atoms with van der Waals surface area (Å²) in [5, 5.41) is 41.0. The smallest absolute Gasteiger partial charge is 0.138 e. The molecule has 0 amide bonds. The standard InChI is InChI=1S/C25H29ClO6/c26-21-16(9-13-1-3-14(4-2-13)15-5-6-15)10-17(11-19(21)31-18-7-8-18)25-24(30)23(29)22(28)20(12-27)32-25/h1-4,10-11,15,18,20,22-25,27-30H,5-9,12H2/t20-,22-,23+,24-,25+/m1/s1. The maximum absolute atomic E-state index is 10.6. The minimum Gasteiger partial charge on any atom is -0.489 e. The lowest BCUT2D eigenvalue weighted by atomic mass is 9.90. The molecule has 7 heteroatoms. The van der Waals surface area contributed by atoms with Crippen molar-refractivity contribution in [3.63, 3.8) is 0 Å². The van der Waals surface area contributed by atoms with Crippen molar-refractivity contribution in [3.05, 3.63) is 63.7 Å². The first-order valence-electron chi connectivity index (χ1n) is 11.3. The van der Waals surface area contributed by atoms with Crippen molar-refractivity contribution < 1.29 is 29.9 Å². The maximum Gasteiger partial charge on any atom is 0.138 e. The number of rotatable bonds is 7. The van der Waals surface area contributed by atoms with Gasteiger partial charge in [0.2, 0.25) is 0 Å². The molecule has 1 saturated heterocycles. The summed E-state index contributed by atoms with van der Waals surface area (Å²) in [6.07, 6.45) is -0.925. The molecule has 0 aromatic heterocycles. The number of aliphatic hydroxyl groups is 4. The van der Waals surface area contributed by atoms with E-state index in [-0.39, 0.29) is 6.10 Å². The van der Waals surface area contributed by atoms with E-state index in [2.05, 4.69) is 24.3 Å². The van der Waals surface area contributed by atoms with E-state index in [1.54, 1.807) is 6.07 Å². The Labute approximate surface area is 192 Å². The number of halogens is 1. The van der Waals surface area contributed by atoms with Crippen LogP contribution in [0.15, 0.2) is 36.4 Å². The first-order valence-corrected chi connectivity index (χ1v) is 11.7. The summed E-state index contributed by atoms with van der Waals surface area (Å²) in [5.74, 6) is 1.22. The fourth-order valence-corrected chi connectivity index (χ4v) is 4.57. The molecule has 172 valence electrons. The molecule has 6 nitrogen and oxygen atoms in total. The molecule has 32 heavy (non-hydrogen) atoms. The zero-order valence-electron chi connectivity index (χ0n) is 17.7. The molecular formula is C25H29ClO6. The van der Waals surface area contributed by atoms with Crippen LogP contribution < -0.4 is 4.74 Å². The molecule has 5 rings (SSSR count). The molecule has 0 bridgehead atoms. The number of hydrogen-bond donors (Lipinski definition) is 4. The van der Waals surface area contributed by atoms with E-state index in [0.29, 0.717) is 28.7 Å². The average Bonchev–Trinajstić information content (AvgIpc) is 3.70. The van der Waals surface area contributed by atoms with Gasteiger partial charge in [0.25, 0.3) is 0 Å². The molecule has 4 N–H and O–H groups in total. The Kier molecular flexibility index (Phi) is 6.18. The predicted molar refractivity (Wildman–Crippen MR) is 119 cm³/mol. The van der Waals surface area contributed by atoms with Crippen LogP contribution in [-0.4, -0.2) is 57.6 Å². The van der Waals surface area contributed by atoms with Crippen LogP contribution >= 0.6 is 11.6 Å². The third-order valence-electron chi connectivity index (χ3n) is 6.60. The predicted octanol–water partition coefficient (Wildman–Crippen LogP) is 2.86. The lowest BCUT2D eigenvalue weighted by molar-refractivity contribution is -0.231. The Balaban J connectivity index is 1.46. The van der Waals surface area contributed by atoms with Gasteiger partial charge in [-0.2, -0.15) is 0 Å². The van der Waals surface area contributed by atoms with E-state index >= 15 is 0 Å². The minimum atomic E-state index is -1.44. The number of aliphatic hydroxyl groups excluding tert-OH is 4. The van der Waals surface area contributed by atoms with Crippen molar-refractivity contribution in [2.45, 2.75) is 74.6 Å².